The van der Waals surface area contributed by atoms with Gasteiger partial charge >= 0.3 is 0 Å². The fourth-order valence-corrected chi connectivity index (χ4v) is 2.62. The average Bonchev–Trinajstić information content (AvgIpc) is 2.39. The molecule has 0 spiro atoms. The standard InChI is InChI=1S/C16H24BrNO/c1-4-6-10-13(8-5-2)18-16(19)14-11-7-9-12(3)15(14)17/h7,9,11,13H,4-6,8,10H2,1-3H3,(H,18,19). The van der Waals surface area contributed by atoms with E-state index in [9.17, 15) is 4.79 Å². The molecule has 1 rings (SSSR count). The number of unbranched alkanes of at least 4 members (excludes halogenated alkanes) is 1. The van der Waals surface area contributed by atoms with Gasteiger partial charge in [-0.05, 0) is 47.3 Å². The molecule has 2 nitrogen and oxygen atoms in total. The molecular formula is C16H24BrNO. The van der Waals surface area contributed by atoms with Crippen molar-refractivity contribution in [2.24, 2.45) is 0 Å². The van der Waals surface area contributed by atoms with Crippen molar-refractivity contribution >= 4 is 21.8 Å². The second kappa shape index (κ2) is 8.36. The summed E-state index contributed by atoms with van der Waals surface area (Å²) in [6, 6.07) is 6.09. The topological polar surface area (TPSA) is 29.1 Å². The molecule has 0 saturated heterocycles. The van der Waals surface area contributed by atoms with Gasteiger partial charge in [0.1, 0.15) is 0 Å². The molecule has 0 bridgehead atoms. The molecule has 0 aliphatic rings. The van der Waals surface area contributed by atoms with Gasteiger partial charge in [-0.3, -0.25) is 4.79 Å². The number of carbonyl (C=O) groups excluding carboxylic acids is 1. The first kappa shape index (κ1) is 16.2. The van der Waals surface area contributed by atoms with E-state index in [-0.39, 0.29) is 5.91 Å². The lowest BCUT2D eigenvalue weighted by Gasteiger charge is -2.18. The minimum atomic E-state index is 0.0325. The molecule has 0 fully saturated rings. The highest BCUT2D eigenvalue weighted by Gasteiger charge is 2.15. The lowest BCUT2D eigenvalue weighted by molar-refractivity contribution is 0.0931. The maximum absolute atomic E-state index is 12.3. The largest absolute Gasteiger partial charge is 0.349 e. The minimum absolute atomic E-state index is 0.0325. The zero-order valence-corrected chi connectivity index (χ0v) is 13.7. The predicted molar refractivity (Wildman–Crippen MR) is 84.6 cm³/mol. The number of rotatable bonds is 7. The van der Waals surface area contributed by atoms with E-state index in [0.717, 1.165) is 34.9 Å². The van der Waals surface area contributed by atoms with E-state index in [0.29, 0.717) is 6.04 Å². The lowest BCUT2D eigenvalue weighted by Crippen LogP contribution is -2.35. The molecule has 1 atom stereocenters. The highest BCUT2D eigenvalue weighted by molar-refractivity contribution is 9.10. The van der Waals surface area contributed by atoms with Crippen molar-refractivity contribution in [2.45, 2.75) is 58.9 Å². The Morgan fingerprint density at radius 2 is 2.00 bits per heavy atom. The van der Waals surface area contributed by atoms with E-state index < -0.39 is 0 Å². The quantitative estimate of drug-likeness (QED) is 0.763. The first-order valence-corrected chi connectivity index (χ1v) is 7.95. The summed E-state index contributed by atoms with van der Waals surface area (Å²) in [5.74, 6) is 0.0325. The number of halogens is 1. The highest BCUT2D eigenvalue weighted by Crippen LogP contribution is 2.21. The number of amides is 1. The Labute approximate surface area is 125 Å². The molecule has 1 aromatic carbocycles. The molecule has 0 radical (unpaired) electrons. The van der Waals surface area contributed by atoms with E-state index in [1.807, 2.05) is 25.1 Å². The molecule has 0 aliphatic heterocycles. The Morgan fingerprint density at radius 3 is 2.63 bits per heavy atom. The first-order valence-electron chi connectivity index (χ1n) is 7.16. The van der Waals surface area contributed by atoms with Gasteiger partial charge in [-0.2, -0.15) is 0 Å². The maximum atomic E-state index is 12.3. The van der Waals surface area contributed by atoms with Crippen LogP contribution in [0.1, 0.15) is 61.9 Å². The third-order valence-corrected chi connectivity index (χ3v) is 4.37. The summed E-state index contributed by atoms with van der Waals surface area (Å²) in [6.45, 7) is 6.34. The van der Waals surface area contributed by atoms with E-state index >= 15 is 0 Å². The Hall–Kier alpha value is -0.830. The van der Waals surface area contributed by atoms with Crippen molar-refractivity contribution in [2.75, 3.05) is 0 Å². The highest BCUT2D eigenvalue weighted by atomic mass is 79.9. The third-order valence-electron chi connectivity index (χ3n) is 3.31. The van der Waals surface area contributed by atoms with E-state index in [4.69, 9.17) is 0 Å². The zero-order valence-electron chi connectivity index (χ0n) is 12.1. The number of aryl methyl sites for hydroxylation is 1. The molecule has 0 saturated carbocycles. The molecule has 1 N–H and O–H groups in total. The summed E-state index contributed by atoms with van der Waals surface area (Å²) in [5, 5.41) is 3.17. The number of benzene rings is 1. The van der Waals surface area contributed by atoms with Gasteiger partial charge in [0.15, 0.2) is 0 Å². The van der Waals surface area contributed by atoms with Gasteiger partial charge in [0.25, 0.3) is 5.91 Å². The van der Waals surface area contributed by atoms with Gasteiger partial charge in [0.05, 0.1) is 5.56 Å². The molecule has 1 amide bonds. The summed E-state index contributed by atoms with van der Waals surface area (Å²) in [4.78, 5) is 12.3. The number of carbonyl (C=O) groups is 1. The van der Waals surface area contributed by atoms with Crippen molar-refractivity contribution in [3.05, 3.63) is 33.8 Å². The first-order chi connectivity index (χ1) is 9.10. The lowest BCUT2D eigenvalue weighted by atomic mass is 10.0. The number of nitrogens with one attached hydrogen (secondary N) is 1. The van der Waals surface area contributed by atoms with Gasteiger partial charge in [0.2, 0.25) is 0 Å². The number of hydrogen-bond acceptors (Lipinski definition) is 1. The van der Waals surface area contributed by atoms with Crippen LogP contribution in [0.2, 0.25) is 0 Å². The van der Waals surface area contributed by atoms with Crippen molar-refractivity contribution in [3.8, 4) is 0 Å². The summed E-state index contributed by atoms with van der Waals surface area (Å²) in [7, 11) is 0. The van der Waals surface area contributed by atoms with Crippen LogP contribution in [-0.4, -0.2) is 11.9 Å². The van der Waals surface area contributed by atoms with Crippen LogP contribution in [0.15, 0.2) is 22.7 Å². The fourth-order valence-electron chi connectivity index (χ4n) is 2.17. The monoisotopic (exact) mass is 325 g/mol. The van der Waals surface area contributed by atoms with E-state index in [1.165, 1.54) is 12.8 Å². The molecule has 1 aromatic rings. The van der Waals surface area contributed by atoms with Gasteiger partial charge in [-0.25, -0.2) is 0 Å². The summed E-state index contributed by atoms with van der Waals surface area (Å²) in [6.07, 6.45) is 5.56. The molecular weight excluding hydrogens is 302 g/mol. The molecule has 0 heterocycles. The van der Waals surface area contributed by atoms with Crippen LogP contribution in [0.3, 0.4) is 0 Å². The Kier molecular flexibility index (Phi) is 7.14. The van der Waals surface area contributed by atoms with Crippen LogP contribution in [-0.2, 0) is 0 Å². The number of hydrogen-bond donors (Lipinski definition) is 1. The second-order valence-electron chi connectivity index (χ2n) is 5.04. The summed E-state index contributed by atoms with van der Waals surface area (Å²) in [5.41, 5.74) is 1.82. The minimum Gasteiger partial charge on any atom is -0.349 e. The second-order valence-corrected chi connectivity index (χ2v) is 5.83. The summed E-state index contributed by atoms with van der Waals surface area (Å²) >= 11 is 3.50. The molecule has 1 unspecified atom stereocenters. The predicted octanol–water partition coefficient (Wildman–Crippen LogP) is 4.85. The van der Waals surface area contributed by atoms with Gasteiger partial charge < -0.3 is 5.32 Å². The van der Waals surface area contributed by atoms with Crippen LogP contribution in [0.25, 0.3) is 0 Å². The van der Waals surface area contributed by atoms with Crippen LogP contribution >= 0.6 is 15.9 Å². The van der Waals surface area contributed by atoms with E-state index in [1.54, 1.807) is 0 Å². The van der Waals surface area contributed by atoms with Gasteiger partial charge in [-0.1, -0.05) is 45.2 Å². The average molecular weight is 326 g/mol. The molecule has 106 valence electrons. The van der Waals surface area contributed by atoms with Crippen molar-refractivity contribution in [1.29, 1.82) is 0 Å². The Balaban J connectivity index is 2.72. The summed E-state index contributed by atoms with van der Waals surface area (Å²) < 4.78 is 0.901. The van der Waals surface area contributed by atoms with Crippen molar-refractivity contribution in [1.82, 2.24) is 5.32 Å². The van der Waals surface area contributed by atoms with Crippen molar-refractivity contribution in [3.63, 3.8) is 0 Å². The van der Waals surface area contributed by atoms with E-state index in [2.05, 4.69) is 35.1 Å². The van der Waals surface area contributed by atoms with Crippen molar-refractivity contribution < 1.29 is 4.79 Å². The normalized spacial score (nSPS) is 12.2. The molecule has 19 heavy (non-hydrogen) atoms. The zero-order chi connectivity index (χ0) is 14.3. The molecule has 0 aromatic heterocycles. The Bertz CT molecular complexity index is 417. The maximum Gasteiger partial charge on any atom is 0.252 e. The van der Waals surface area contributed by atoms with Crippen LogP contribution in [0, 0.1) is 6.92 Å². The van der Waals surface area contributed by atoms with Gasteiger partial charge in [0, 0.05) is 10.5 Å². The van der Waals surface area contributed by atoms with Crippen LogP contribution < -0.4 is 5.32 Å². The van der Waals surface area contributed by atoms with Crippen LogP contribution in [0.4, 0.5) is 0 Å². The van der Waals surface area contributed by atoms with Crippen LogP contribution in [0.5, 0.6) is 0 Å². The third kappa shape index (κ3) is 4.98. The Morgan fingerprint density at radius 1 is 1.26 bits per heavy atom. The molecule has 3 heteroatoms. The fraction of sp³-hybridized carbons (Fsp3) is 0.562. The smallest absolute Gasteiger partial charge is 0.252 e. The SMILES string of the molecule is CCCCC(CCC)NC(=O)c1cccc(C)c1Br. The van der Waals surface area contributed by atoms with Gasteiger partial charge in [-0.15, -0.1) is 0 Å². The molecule has 0 aliphatic carbocycles.